The van der Waals surface area contributed by atoms with Gasteiger partial charge in [0.2, 0.25) is 11.8 Å². The maximum Gasteiger partial charge on any atom is 0.326 e. The molecule has 0 saturated heterocycles. The minimum absolute atomic E-state index is 0. The minimum Gasteiger partial charge on any atom is -0.480 e. The summed E-state index contributed by atoms with van der Waals surface area (Å²) < 4.78 is 0. The third-order valence-electron chi connectivity index (χ3n) is 5.60. The van der Waals surface area contributed by atoms with Crippen LogP contribution in [0.5, 0.6) is 0 Å². The van der Waals surface area contributed by atoms with Gasteiger partial charge < -0.3 is 26.5 Å². The summed E-state index contributed by atoms with van der Waals surface area (Å²) in [5, 5.41) is 15.9. The summed E-state index contributed by atoms with van der Waals surface area (Å²) in [4.78, 5) is 40.6. The molecule has 8 nitrogen and oxygen atoms in total. The molecule has 9 heteroatoms. The Hall–Kier alpha value is -3.36. The van der Waals surface area contributed by atoms with Crippen LogP contribution in [0.4, 0.5) is 0 Å². The molecule has 6 N–H and O–H groups in total. The van der Waals surface area contributed by atoms with Gasteiger partial charge >= 0.3 is 5.97 Å². The molecule has 2 amide bonds. The highest BCUT2D eigenvalue weighted by atomic mass is 35.5. The van der Waals surface area contributed by atoms with Crippen molar-refractivity contribution in [1.29, 1.82) is 0 Å². The molecule has 0 fully saturated rings. The van der Waals surface area contributed by atoms with Gasteiger partial charge in [-0.15, -0.1) is 12.4 Å². The van der Waals surface area contributed by atoms with E-state index >= 15 is 0 Å². The second-order valence-electron chi connectivity index (χ2n) is 8.49. The summed E-state index contributed by atoms with van der Waals surface area (Å²) in [5.74, 6) is -2.43. The number of hydrogen-bond acceptors (Lipinski definition) is 4. The van der Waals surface area contributed by atoms with Gasteiger partial charge in [0.25, 0.3) is 0 Å². The van der Waals surface area contributed by atoms with Crippen LogP contribution in [0.1, 0.15) is 25.0 Å². The van der Waals surface area contributed by atoms with Gasteiger partial charge in [-0.25, -0.2) is 4.79 Å². The van der Waals surface area contributed by atoms with Gasteiger partial charge in [0.15, 0.2) is 0 Å². The van der Waals surface area contributed by atoms with Gasteiger partial charge in [0, 0.05) is 23.5 Å². The first-order valence-corrected chi connectivity index (χ1v) is 10.9. The molecule has 1 heterocycles. The normalized spacial score (nSPS) is 13.5. The van der Waals surface area contributed by atoms with E-state index in [0.29, 0.717) is 6.42 Å². The maximum absolute atomic E-state index is 13.0. The van der Waals surface area contributed by atoms with E-state index in [2.05, 4.69) is 15.6 Å². The molecule has 182 valence electrons. The molecule has 2 aromatic carbocycles. The number of H-pyrrole nitrogens is 1. The molecule has 0 radical (unpaired) electrons. The predicted molar refractivity (Wildman–Crippen MR) is 134 cm³/mol. The summed E-state index contributed by atoms with van der Waals surface area (Å²) >= 11 is 0. The number of carbonyl (C=O) groups is 3. The molecule has 3 aromatic rings. The number of carbonyl (C=O) groups excluding carboxylic acids is 2. The SMILES string of the molecule is CC(C)[C@H](NC(=O)[C@@H](N)Cc1ccccc1)C(=O)N[C@@H](Cc1c[nH]c2ccccc12)C(=O)O.Cl. The van der Waals surface area contributed by atoms with Gasteiger partial charge in [0.1, 0.15) is 12.1 Å². The fraction of sp³-hybridized carbons (Fsp3) is 0.320. The number of nitrogens with one attached hydrogen (secondary N) is 3. The van der Waals surface area contributed by atoms with E-state index < -0.39 is 35.9 Å². The lowest BCUT2D eigenvalue weighted by molar-refractivity contribution is -0.142. The van der Waals surface area contributed by atoms with E-state index in [0.717, 1.165) is 22.0 Å². The zero-order valence-corrected chi connectivity index (χ0v) is 20.0. The number of aliphatic carboxylic acids is 1. The first-order valence-electron chi connectivity index (χ1n) is 10.9. The smallest absolute Gasteiger partial charge is 0.326 e. The van der Waals surface area contributed by atoms with Crippen molar-refractivity contribution >= 4 is 41.1 Å². The van der Waals surface area contributed by atoms with Crippen molar-refractivity contribution < 1.29 is 19.5 Å². The van der Waals surface area contributed by atoms with Crippen LogP contribution in [0.15, 0.2) is 60.8 Å². The second kappa shape index (κ2) is 12.2. The summed E-state index contributed by atoms with van der Waals surface area (Å²) in [7, 11) is 0. The average molecular weight is 487 g/mol. The van der Waals surface area contributed by atoms with E-state index in [1.165, 1.54) is 0 Å². The Morgan fingerprint density at radius 3 is 2.24 bits per heavy atom. The molecule has 0 aliphatic carbocycles. The zero-order valence-electron chi connectivity index (χ0n) is 19.2. The number of halogens is 1. The number of fused-ring (bicyclic) bond motifs is 1. The van der Waals surface area contributed by atoms with Crippen LogP contribution in [0.25, 0.3) is 10.9 Å². The monoisotopic (exact) mass is 486 g/mol. The van der Waals surface area contributed by atoms with Crippen molar-refractivity contribution in [1.82, 2.24) is 15.6 Å². The maximum atomic E-state index is 13.0. The van der Waals surface area contributed by atoms with E-state index in [9.17, 15) is 19.5 Å². The molecule has 0 spiro atoms. The molecular weight excluding hydrogens is 456 g/mol. The predicted octanol–water partition coefficient (Wildman–Crippen LogP) is 2.41. The lowest BCUT2D eigenvalue weighted by Crippen LogP contribution is -2.56. The van der Waals surface area contributed by atoms with Crippen molar-refractivity contribution in [2.24, 2.45) is 11.7 Å². The summed E-state index contributed by atoms with van der Waals surface area (Å²) in [6, 6.07) is 14.0. The molecular formula is C25H31ClN4O4. The van der Waals surface area contributed by atoms with Crippen LogP contribution >= 0.6 is 12.4 Å². The molecule has 0 aliphatic heterocycles. The highest BCUT2D eigenvalue weighted by Crippen LogP contribution is 2.19. The number of rotatable bonds is 10. The number of amides is 2. The Labute approximate surface area is 204 Å². The molecule has 0 unspecified atom stereocenters. The highest BCUT2D eigenvalue weighted by Gasteiger charge is 2.30. The van der Waals surface area contributed by atoms with E-state index in [1.807, 2.05) is 54.6 Å². The number of carboxylic acids is 1. The van der Waals surface area contributed by atoms with Crippen LogP contribution in [0.2, 0.25) is 0 Å². The first kappa shape index (κ1) is 26.9. The van der Waals surface area contributed by atoms with E-state index in [1.54, 1.807) is 20.0 Å². The number of carboxylic acid groups (broad SMARTS) is 1. The topological polar surface area (TPSA) is 137 Å². The van der Waals surface area contributed by atoms with Crippen molar-refractivity contribution in [3.63, 3.8) is 0 Å². The fourth-order valence-electron chi connectivity index (χ4n) is 3.74. The Balaban J connectivity index is 0.00000408. The first-order chi connectivity index (χ1) is 15.8. The average Bonchev–Trinajstić information content (AvgIpc) is 3.20. The number of hydrogen-bond donors (Lipinski definition) is 5. The van der Waals surface area contributed by atoms with Crippen LogP contribution in [-0.2, 0) is 27.2 Å². The lowest BCUT2D eigenvalue weighted by Gasteiger charge is -2.25. The van der Waals surface area contributed by atoms with Gasteiger partial charge in [0.05, 0.1) is 6.04 Å². The molecule has 0 saturated carbocycles. The number of para-hydroxylation sites is 1. The third-order valence-corrected chi connectivity index (χ3v) is 5.60. The van der Waals surface area contributed by atoms with Gasteiger partial charge in [-0.1, -0.05) is 62.4 Å². The molecule has 34 heavy (non-hydrogen) atoms. The van der Waals surface area contributed by atoms with Gasteiger partial charge in [-0.05, 0) is 29.5 Å². The number of nitrogens with two attached hydrogens (primary N) is 1. The van der Waals surface area contributed by atoms with Crippen LogP contribution < -0.4 is 16.4 Å². The number of benzene rings is 2. The van der Waals surface area contributed by atoms with Crippen molar-refractivity contribution in [2.75, 3.05) is 0 Å². The summed E-state index contributed by atoms with van der Waals surface area (Å²) in [6.45, 7) is 3.56. The molecule has 0 aliphatic rings. The standard InChI is InChI=1S/C25H30N4O4.ClH/c1-15(2)22(29-23(30)19(26)12-16-8-4-3-5-9-16)24(31)28-21(25(32)33)13-17-14-27-20-11-7-6-10-18(17)20;/h3-11,14-15,19,21-22,27H,12-13,26H2,1-2H3,(H,28,31)(H,29,30)(H,32,33);1H/t19-,21-,22-;/m0./s1. The van der Waals surface area contributed by atoms with Gasteiger partial charge in [-0.2, -0.15) is 0 Å². The number of aromatic amines is 1. The summed E-state index contributed by atoms with van der Waals surface area (Å²) in [6.07, 6.45) is 2.19. The second-order valence-corrected chi connectivity index (χ2v) is 8.49. The van der Waals surface area contributed by atoms with Crippen LogP contribution in [-0.4, -0.2) is 46.0 Å². The van der Waals surface area contributed by atoms with Crippen LogP contribution in [0, 0.1) is 5.92 Å². The van der Waals surface area contributed by atoms with E-state index in [-0.39, 0.29) is 24.7 Å². The molecule has 0 bridgehead atoms. The van der Waals surface area contributed by atoms with Crippen LogP contribution in [0.3, 0.4) is 0 Å². The summed E-state index contributed by atoms with van der Waals surface area (Å²) in [5.41, 5.74) is 8.64. The third kappa shape index (κ3) is 6.82. The Morgan fingerprint density at radius 2 is 1.59 bits per heavy atom. The van der Waals surface area contributed by atoms with Crippen molar-refractivity contribution in [3.8, 4) is 0 Å². The van der Waals surface area contributed by atoms with Crippen molar-refractivity contribution in [2.45, 2.75) is 44.8 Å². The minimum atomic E-state index is -1.15. The largest absolute Gasteiger partial charge is 0.480 e. The molecule has 3 atom stereocenters. The van der Waals surface area contributed by atoms with Gasteiger partial charge in [-0.3, -0.25) is 9.59 Å². The molecule has 1 aromatic heterocycles. The lowest BCUT2D eigenvalue weighted by atomic mass is 10.00. The quantitative estimate of drug-likeness (QED) is 0.299. The Kier molecular flexibility index (Phi) is 9.65. The molecule has 3 rings (SSSR count). The Bertz CT molecular complexity index is 1120. The van der Waals surface area contributed by atoms with Crippen molar-refractivity contribution in [3.05, 3.63) is 71.9 Å². The fourth-order valence-corrected chi connectivity index (χ4v) is 3.74. The highest BCUT2D eigenvalue weighted by molar-refractivity contribution is 5.92. The zero-order chi connectivity index (χ0) is 24.0. The number of aromatic nitrogens is 1. The van der Waals surface area contributed by atoms with E-state index in [4.69, 9.17) is 5.73 Å². The Morgan fingerprint density at radius 1 is 0.941 bits per heavy atom.